The summed E-state index contributed by atoms with van der Waals surface area (Å²) in [6, 6.07) is 15.5. The van der Waals surface area contributed by atoms with Crippen molar-refractivity contribution in [3.63, 3.8) is 0 Å². The van der Waals surface area contributed by atoms with Crippen LogP contribution in [0.1, 0.15) is 23.5 Å². The SMILES string of the molecule is O=C(CNC(=O)N[C@@H]1C[C@H]1c1cccc(F)c1)NCc1ccccc1. The van der Waals surface area contributed by atoms with Crippen LogP contribution in [0.3, 0.4) is 0 Å². The van der Waals surface area contributed by atoms with Gasteiger partial charge in [-0.3, -0.25) is 4.79 Å². The van der Waals surface area contributed by atoms with Gasteiger partial charge in [0.05, 0.1) is 6.54 Å². The van der Waals surface area contributed by atoms with Crippen molar-refractivity contribution >= 4 is 11.9 Å². The number of hydrogen-bond acceptors (Lipinski definition) is 2. The number of carbonyl (C=O) groups excluding carboxylic acids is 2. The summed E-state index contributed by atoms with van der Waals surface area (Å²) in [6.07, 6.45) is 0.775. The molecule has 1 saturated carbocycles. The van der Waals surface area contributed by atoms with E-state index in [0.717, 1.165) is 17.5 Å². The molecule has 0 aliphatic heterocycles. The second-order valence-corrected chi connectivity index (χ2v) is 6.09. The average molecular weight is 341 g/mol. The summed E-state index contributed by atoms with van der Waals surface area (Å²) in [6.45, 7) is 0.337. The summed E-state index contributed by atoms with van der Waals surface area (Å²) >= 11 is 0. The van der Waals surface area contributed by atoms with Crippen LogP contribution in [0, 0.1) is 5.82 Å². The predicted octanol–water partition coefficient (Wildman–Crippen LogP) is 2.30. The maximum atomic E-state index is 13.2. The lowest BCUT2D eigenvalue weighted by atomic mass is 10.1. The van der Waals surface area contributed by atoms with Crippen molar-refractivity contribution in [1.29, 1.82) is 0 Å². The van der Waals surface area contributed by atoms with Gasteiger partial charge in [0.1, 0.15) is 5.82 Å². The lowest BCUT2D eigenvalue weighted by molar-refractivity contribution is -0.120. The third kappa shape index (κ3) is 5.04. The molecule has 0 heterocycles. The van der Waals surface area contributed by atoms with E-state index < -0.39 is 6.03 Å². The van der Waals surface area contributed by atoms with Gasteiger partial charge in [0, 0.05) is 18.5 Å². The van der Waals surface area contributed by atoms with Gasteiger partial charge < -0.3 is 16.0 Å². The highest BCUT2D eigenvalue weighted by atomic mass is 19.1. The Hall–Kier alpha value is -2.89. The van der Waals surface area contributed by atoms with Gasteiger partial charge in [-0.25, -0.2) is 9.18 Å². The van der Waals surface area contributed by atoms with E-state index in [4.69, 9.17) is 0 Å². The molecule has 5 nitrogen and oxygen atoms in total. The molecule has 2 aromatic carbocycles. The average Bonchev–Trinajstić information content (AvgIpc) is 3.38. The quantitative estimate of drug-likeness (QED) is 0.754. The number of nitrogens with one attached hydrogen (secondary N) is 3. The van der Waals surface area contributed by atoms with Crippen LogP contribution in [0.5, 0.6) is 0 Å². The summed E-state index contributed by atoms with van der Waals surface area (Å²) in [5.41, 5.74) is 1.88. The van der Waals surface area contributed by atoms with Crippen LogP contribution in [0.25, 0.3) is 0 Å². The molecule has 0 bridgehead atoms. The van der Waals surface area contributed by atoms with Crippen molar-refractivity contribution < 1.29 is 14.0 Å². The molecule has 3 N–H and O–H groups in total. The van der Waals surface area contributed by atoms with Crippen molar-refractivity contribution in [3.8, 4) is 0 Å². The largest absolute Gasteiger partial charge is 0.350 e. The molecule has 2 aromatic rings. The van der Waals surface area contributed by atoms with E-state index in [0.29, 0.717) is 6.54 Å². The van der Waals surface area contributed by atoms with Crippen molar-refractivity contribution in [2.45, 2.75) is 24.9 Å². The fourth-order valence-electron chi connectivity index (χ4n) is 2.70. The van der Waals surface area contributed by atoms with E-state index in [1.807, 2.05) is 36.4 Å². The van der Waals surface area contributed by atoms with Crippen LogP contribution in [-0.4, -0.2) is 24.5 Å². The minimum absolute atomic E-state index is 0.0193. The Balaban J connectivity index is 1.35. The predicted molar refractivity (Wildman–Crippen MR) is 92.4 cm³/mol. The Kier molecular flexibility index (Phi) is 5.28. The number of hydrogen-bond donors (Lipinski definition) is 3. The van der Waals surface area contributed by atoms with E-state index in [-0.39, 0.29) is 30.2 Å². The number of urea groups is 1. The number of benzene rings is 2. The lowest BCUT2D eigenvalue weighted by Gasteiger charge is -2.08. The van der Waals surface area contributed by atoms with Crippen LogP contribution in [0.4, 0.5) is 9.18 Å². The molecule has 0 aromatic heterocycles. The smallest absolute Gasteiger partial charge is 0.315 e. The van der Waals surface area contributed by atoms with Gasteiger partial charge in [-0.1, -0.05) is 42.5 Å². The maximum absolute atomic E-state index is 13.2. The number of carbonyl (C=O) groups is 2. The number of halogens is 1. The monoisotopic (exact) mass is 341 g/mol. The molecule has 1 fully saturated rings. The van der Waals surface area contributed by atoms with Crippen LogP contribution < -0.4 is 16.0 Å². The second kappa shape index (κ2) is 7.79. The molecule has 0 spiro atoms. The highest BCUT2D eigenvalue weighted by Crippen LogP contribution is 2.40. The zero-order valence-corrected chi connectivity index (χ0v) is 13.7. The number of amides is 3. The van der Waals surface area contributed by atoms with Crippen LogP contribution in [-0.2, 0) is 11.3 Å². The molecule has 130 valence electrons. The Morgan fingerprint density at radius 1 is 1.04 bits per heavy atom. The first-order valence-corrected chi connectivity index (χ1v) is 8.22. The van der Waals surface area contributed by atoms with Gasteiger partial charge in [0.2, 0.25) is 5.91 Å². The Morgan fingerprint density at radius 3 is 2.60 bits per heavy atom. The van der Waals surface area contributed by atoms with E-state index in [9.17, 15) is 14.0 Å². The molecule has 0 radical (unpaired) electrons. The zero-order valence-electron chi connectivity index (χ0n) is 13.7. The zero-order chi connectivity index (χ0) is 17.6. The van der Waals surface area contributed by atoms with E-state index >= 15 is 0 Å². The van der Waals surface area contributed by atoms with Gasteiger partial charge in [0.15, 0.2) is 0 Å². The van der Waals surface area contributed by atoms with Crippen molar-refractivity contribution in [3.05, 3.63) is 71.5 Å². The van der Waals surface area contributed by atoms with Crippen LogP contribution in [0.15, 0.2) is 54.6 Å². The Morgan fingerprint density at radius 2 is 1.84 bits per heavy atom. The Labute approximate surface area is 145 Å². The summed E-state index contributed by atoms with van der Waals surface area (Å²) in [4.78, 5) is 23.6. The fourth-order valence-corrected chi connectivity index (χ4v) is 2.70. The molecule has 2 atom stereocenters. The fraction of sp³-hybridized carbons (Fsp3) is 0.263. The van der Waals surface area contributed by atoms with E-state index in [1.54, 1.807) is 6.07 Å². The molecule has 1 aliphatic rings. The molecular formula is C19H20FN3O2. The van der Waals surface area contributed by atoms with Crippen LogP contribution >= 0.6 is 0 Å². The summed E-state index contributed by atoms with van der Waals surface area (Å²) in [5.74, 6) is -0.396. The van der Waals surface area contributed by atoms with Gasteiger partial charge in [-0.15, -0.1) is 0 Å². The molecule has 1 aliphatic carbocycles. The minimum Gasteiger partial charge on any atom is -0.350 e. The lowest BCUT2D eigenvalue weighted by Crippen LogP contribution is -2.42. The minimum atomic E-state index is -0.390. The van der Waals surface area contributed by atoms with Gasteiger partial charge in [-0.2, -0.15) is 0 Å². The first kappa shape index (κ1) is 17.0. The van der Waals surface area contributed by atoms with Crippen molar-refractivity contribution in [2.75, 3.05) is 6.54 Å². The first-order valence-electron chi connectivity index (χ1n) is 8.22. The van der Waals surface area contributed by atoms with Gasteiger partial charge >= 0.3 is 6.03 Å². The Bertz CT molecular complexity index is 751. The molecular weight excluding hydrogens is 321 g/mol. The maximum Gasteiger partial charge on any atom is 0.315 e. The third-order valence-corrected chi connectivity index (χ3v) is 4.13. The topological polar surface area (TPSA) is 70.2 Å². The summed E-state index contributed by atoms with van der Waals surface area (Å²) < 4.78 is 13.2. The summed E-state index contributed by atoms with van der Waals surface area (Å²) in [5, 5.41) is 8.08. The molecule has 3 amide bonds. The van der Waals surface area contributed by atoms with Gasteiger partial charge in [0.25, 0.3) is 0 Å². The van der Waals surface area contributed by atoms with E-state index in [1.165, 1.54) is 12.1 Å². The molecule has 0 saturated heterocycles. The second-order valence-electron chi connectivity index (χ2n) is 6.09. The molecule has 25 heavy (non-hydrogen) atoms. The highest BCUT2D eigenvalue weighted by molar-refractivity contribution is 5.84. The third-order valence-electron chi connectivity index (χ3n) is 4.13. The molecule has 3 rings (SSSR count). The molecule has 6 heteroatoms. The highest BCUT2D eigenvalue weighted by Gasteiger charge is 2.39. The normalized spacial score (nSPS) is 18.3. The van der Waals surface area contributed by atoms with E-state index in [2.05, 4.69) is 16.0 Å². The van der Waals surface area contributed by atoms with Gasteiger partial charge in [-0.05, 0) is 29.7 Å². The van der Waals surface area contributed by atoms with Crippen molar-refractivity contribution in [2.24, 2.45) is 0 Å². The number of rotatable bonds is 6. The van der Waals surface area contributed by atoms with Crippen LogP contribution in [0.2, 0.25) is 0 Å². The summed E-state index contributed by atoms with van der Waals surface area (Å²) in [7, 11) is 0. The first-order chi connectivity index (χ1) is 12.1. The standard InChI is InChI=1S/C19H20FN3O2/c20-15-8-4-7-14(9-15)16-10-17(16)23-19(25)22-12-18(24)21-11-13-5-2-1-3-6-13/h1-9,16-17H,10-12H2,(H,21,24)(H2,22,23,25)/t16-,17+/m0/s1. The molecule has 0 unspecified atom stereocenters. The van der Waals surface area contributed by atoms with Crippen molar-refractivity contribution in [1.82, 2.24) is 16.0 Å².